The van der Waals surface area contributed by atoms with Crippen LogP contribution in [0.2, 0.25) is 10.0 Å². The highest BCUT2D eigenvalue weighted by Crippen LogP contribution is 2.33. The lowest BCUT2D eigenvalue weighted by Gasteiger charge is -2.11. The number of amides is 1. The van der Waals surface area contributed by atoms with Gasteiger partial charge in [0.2, 0.25) is 15.9 Å². The molecule has 0 fully saturated rings. The van der Waals surface area contributed by atoms with Gasteiger partial charge < -0.3 is 5.32 Å². The minimum Gasteiger partial charge on any atom is -0.323 e. The maximum atomic E-state index is 12.0. The first-order valence-corrected chi connectivity index (χ1v) is 8.43. The van der Waals surface area contributed by atoms with Crippen molar-refractivity contribution in [3.05, 3.63) is 58.1 Å². The fourth-order valence-electron chi connectivity index (χ4n) is 1.80. The summed E-state index contributed by atoms with van der Waals surface area (Å²) in [7, 11) is -3.92. The zero-order chi connectivity index (χ0) is 16.3. The molecule has 0 atom stereocenters. The summed E-state index contributed by atoms with van der Waals surface area (Å²) < 4.78 is 22.6. The van der Waals surface area contributed by atoms with Crippen LogP contribution >= 0.6 is 23.2 Å². The highest BCUT2D eigenvalue weighted by Gasteiger charge is 2.16. The van der Waals surface area contributed by atoms with E-state index in [4.69, 9.17) is 28.3 Å². The van der Waals surface area contributed by atoms with Gasteiger partial charge in [-0.3, -0.25) is 4.79 Å². The van der Waals surface area contributed by atoms with Gasteiger partial charge in [0.25, 0.3) is 0 Å². The molecule has 22 heavy (non-hydrogen) atoms. The first-order chi connectivity index (χ1) is 10.3. The van der Waals surface area contributed by atoms with Crippen molar-refractivity contribution in [2.45, 2.75) is 11.3 Å². The number of nitrogens with one attached hydrogen (secondary N) is 1. The number of halogens is 2. The van der Waals surface area contributed by atoms with Gasteiger partial charge >= 0.3 is 0 Å². The molecular formula is C14H12Cl2N2O3S. The normalized spacial score (nSPS) is 11.2. The smallest absolute Gasteiger partial charge is 0.238 e. The lowest BCUT2D eigenvalue weighted by Crippen LogP contribution is -2.16. The van der Waals surface area contributed by atoms with E-state index >= 15 is 0 Å². The van der Waals surface area contributed by atoms with Crippen molar-refractivity contribution in [2.75, 3.05) is 5.32 Å². The molecule has 8 heteroatoms. The Labute approximate surface area is 138 Å². The lowest BCUT2D eigenvalue weighted by molar-refractivity contribution is -0.115. The number of nitrogens with two attached hydrogens (primary N) is 1. The van der Waals surface area contributed by atoms with E-state index in [9.17, 15) is 13.2 Å². The fraction of sp³-hybridized carbons (Fsp3) is 0.0714. The van der Waals surface area contributed by atoms with Crippen molar-refractivity contribution in [1.29, 1.82) is 0 Å². The topological polar surface area (TPSA) is 89.3 Å². The zero-order valence-electron chi connectivity index (χ0n) is 11.2. The van der Waals surface area contributed by atoms with Gasteiger partial charge in [0.1, 0.15) is 0 Å². The summed E-state index contributed by atoms with van der Waals surface area (Å²) in [5.74, 6) is -0.321. The number of primary sulfonamides is 1. The van der Waals surface area contributed by atoms with Crippen LogP contribution in [0.3, 0.4) is 0 Å². The Hall–Kier alpha value is -1.60. The fourth-order valence-corrected chi connectivity index (χ4v) is 3.07. The minimum atomic E-state index is -3.92. The summed E-state index contributed by atoms with van der Waals surface area (Å²) in [4.78, 5) is 11.8. The summed E-state index contributed by atoms with van der Waals surface area (Å²) in [6, 6.07) is 11.4. The Bertz CT molecular complexity index is 785. The molecule has 2 aromatic rings. The molecule has 2 rings (SSSR count). The molecule has 2 aromatic carbocycles. The first-order valence-electron chi connectivity index (χ1n) is 6.13. The van der Waals surface area contributed by atoms with Crippen LogP contribution in [0.5, 0.6) is 0 Å². The van der Waals surface area contributed by atoms with Gasteiger partial charge in [-0.1, -0.05) is 53.5 Å². The molecule has 0 heterocycles. The third kappa shape index (κ3) is 4.20. The molecule has 0 aliphatic heterocycles. The van der Waals surface area contributed by atoms with Crippen molar-refractivity contribution in [3.63, 3.8) is 0 Å². The second-order valence-electron chi connectivity index (χ2n) is 4.52. The number of sulfonamides is 1. The summed E-state index contributed by atoms with van der Waals surface area (Å²) in [6.07, 6.45) is 0.143. The second kappa shape index (κ2) is 6.66. The number of hydrogen-bond acceptors (Lipinski definition) is 3. The van der Waals surface area contributed by atoms with Crippen molar-refractivity contribution < 1.29 is 13.2 Å². The molecule has 0 saturated heterocycles. The number of rotatable bonds is 4. The van der Waals surface area contributed by atoms with Crippen LogP contribution < -0.4 is 10.5 Å². The Morgan fingerprint density at radius 2 is 1.64 bits per heavy atom. The second-order valence-corrected chi connectivity index (χ2v) is 6.89. The molecule has 0 radical (unpaired) electrons. The van der Waals surface area contributed by atoms with Crippen molar-refractivity contribution in [1.82, 2.24) is 0 Å². The van der Waals surface area contributed by atoms with Gasteiger partial charge in [-0.25, -0.2) is 13.6 Å². The molecule has 0 spiro atoms. The summed E-state index contributed by atoms with van der Waals surface area (Å²) >= 11 is 11.9. The number of hydrogen-bond donors (Lipinski definition) is 2. The maximum absolute atomic E-state index is 12.0. The average Bonchev–Trinajstić information content (AvgIpc) is 2.42. The number of benzene rings is 2. The minimum absolute atomic E-state index is 0.00191. The number of carbonyl (C=O) groups excluding carboxylic acids is 1. The van der Waals surface area contributed by atoms with Crippen LogP contribution in [0.25, 0.3) is 0 Å². The summed E-state index contributed by atoms with van der Waals surface area (Å²) in [5, 5.41) is 7.58. The molecule has 5 nitrogen and oxygen atoms in total. The van der Waals surface area contributed by atoms with E-state index in [1.54, 1.807) is 0 Å². The predicted molar refractivity (Wildman–Crippen MR) is 86.6 cm³/mol. The van der Waals surface area contributed by atoms with E-state index in [0.717, 1.165) is 17.7 Å². The van der Waals surface area contributed by atoms with E-state index in [0.29, 0.717) is 0 Å². The van der Waals surface area contributed by atoms with Gasteiger partial charge in [-0.15, -0.1) is 0 Å². The highest BCUT2D eigenvalue weighted by molar-refractivity contribution is 7.89. The zero-order valence-corrected chi connectivity index (χ0v) is 13.5. The van der Waals surface area contributed by atoms with Gasteiger partial charge in [0.15, 0.2) is 0 Å². The molecular weight excluding hydrogens is 347 g/mol. The Morgan fingerprint density at radius 1 is 1.09 bits per heavy atom. The van der Waals surface area contributed by atoms with E-state index in [1.807, 2.05) is 30.3 Å². The van der Waals surface area contributed by atoms with Crippen molar-refractivity contribution in [2.24, 2.45) is 5.14 Å². The molecule has 0 aliphatic rings. The van der Waals surface area contributed by atoms with Gasteiger partial charge in [0, 0.05) is 0 Å². The quantitative estimate of drug-likeness (QED) is 0.880. The molecule has 3 N–H and O–H groups in total. The van der Waals surface area contributed by atoms with Gasteiger partial charge in [-0.05, 0) is 17.7 Å². The summed E-state index contributed by atoms with van der Waals surface area (Å²) in [5.41, 5.74) is 0.977. The Morgan fingerprint density at radius 3 is 2.14 bits per heavy atom. The third-order valence-electron chi connectivity index (χ3n) is 2.82. The largest absolute Gasteiger partial charge is 0.323 e. The van der Waals surface area contributed by atoms with Crippen LogP contribution in [0, 0.1) is 0 Å². The molecule has 0 saturated carbocycles. The third-order valence-corrected chi connectivity index (χ3v) is 4.31. The predicted octanol–water partition coefficient (Wildman–Crippen LogP) is 2.82. The monoisotopic (exact) mass is 358 g/mol. The van der Waals surface area contributed by atoms with Crippen LogP contribution in [-0.4, -0.2) is 14.3 Å². The molecule has 0 aliphatic carbocycles. The Kier molecular flexibility index (Phi) is 5.08. The van der Waals surface area contributed by atoms with Crippen LogP contribution in [-0.2, 0) is 21.2 Å². The number of anilines is 1. The molecule has 0 bridgehead atoms. The van der Waals surface area contributed by atoms with E-state index in [-0.39, 0.29) is 33.0 Å². The van der Waals surface area contributed by atoms with Crippen LogP contribution in [0.4, 0.5) is 5.69 Å². The first kappa shape index (κ1) is 16.8. The highest BCUT2D eigenvalue weighted by atomic mass is 35.5. The van der Waals surface area contributed by atoms with Crippen molar-refractivity contribution in [3.8, 4) is 0 Å². The maximum Gasteiger partial charge on any atom is 0.238 e. The molecule has 0 unspecified atom stereocenters. The van der Waals surface area contributed by atoms with E-state index in [1.165, 1.54) is 0 Å². The SMILES string of the molecule is NS(=O)(=O)c1cc(Cl)c(NC(=O)Cc2ccccc2)c(Cl)c1. The van der Waals surface area contributed by atoms with E-state index < -0.39 is 10.0 Å². The molecule has 116 valence electrons. The standard InChI is InChI=1S/C14H12Cl2N2O3S/c15-11-7-10(22(17,20)21)8-12(16)14(11)18-13(19)6-9-4-2-1-3-5-9/h1-5,7-8H,6H2,(H,18,19)(H2,17,20,21). The Balaban J connectivity index is 2.21. The van der Waals surface area contributed by atoms with Gasteiger partial charge in [-0.2, -0.15) is 0 Å². The van der Waals surface area contributed by atoms with Crippen LogP contribution in [0.1, 0.15) is 5.56 Å². The average molecular weight is 359 g/mol. The van der Waals surface area contributed by atoms with Crippen LogP contribution in [0.15, 0.2) is 47.4 Å². The lowest BCUT2D eigenvalue weighted by atomic mass is 10.1. The molecule has 1 amide bonds. The van der Waals surface area contributed by atoms with Gasteiger partial charge in [0.05, 0.1) is 27.0 Å². The summed E-state index contributed by atoms with van der Waals surface area (Å²) in [6.45, 7) is 0. The molecule has 0 aromatic heterocycles. The van der Waals surface area contributed by atoms with Crippen molar-refractivity contribution >= 4 is 44.8 Å². The van der Waals surface area contributed by atoms with E-state index in [2.05, 4.69) is 5.32 Å². The number of carbonyl (C=O) groups is 1.